The normalized spacial score (nSPS) is 15.5. The van der Waals surface area contributed by atoms with Crippen LogP contribution in [0.3, 0.4) is 0 Å². The highest BCUT2D eigenvalue weighted by atomic mass is 32.1. The summed E-state index contributed by atoms with van der Waals surface area (Å²) in [5, 5.41) is 7.30. The van der Waals surface area contributed by atoms with Gasteiger partial charge in [-0.1, -0.05) is 279 Å². The molecule has 0 unspecified atom stereocenters. The fraction of sp³-hybridized carbons (Fsp3) is 0.619. The van der Waals surface area contributed by atoms with Gasteiger partial charge in [-0.2, -0.15) is 17.5 Å². The Balaban J connectivity index is 1.09. The number of fused-ring (bicyclic) bond motifs is 16. The molecule has 0 radical (unpaired) electrons. The van der Waals surface area contributed by atoms with Gasteiger partial charge in [0, 0.05) is 47.0 Å². The van der Waals surface area contributed by atoms with Crippen LogP contribution in [0.5, 0.6) is 0 Å². The van der Waals surface area contributed by atoms with E-state index in [2.05, 4.69) is 140 Å². The molecule has 0 atom stereocenters. The van der Waals surface area contributed by atoms with Crippen LogP contribution in [0.25, 0.3) is 75.6 Å². The Morgan fingerprint density at radius 2 is 0.660 bits per heavy atom. The van der Waals surface area contributed by atoms with Crippen LogP contribution in [0.2, 0.25) is 24.2 Å². The van der Waals surface area contributed by atoms with Crippen molar-refractivity contribution < 1.29 is 0 Å². The molecule has 0 saturated carbocycles. The number of hydrogen-bond acceptors (Lipinski definition) is 8. The maximum Gasteiger partial charge on any atom is 0.120 e. The third-order valence-electron chi connectivity index (χ3n) is 24.2. The fourth-order valence-electron chi connectivity index (χ4n) is 19.3. The molecular weight excluding hydrogens is 1250 g/mol. The molecule has 4 aromatic carbocycles. The molecule has 4 aliphatic rings. The van der Waals surface area contributed by atoms with Crippen LogP contribution in [0.1, 0.15) is 319 Å². The molecule has 2 aliphatic heterocycles. The van der Waals surface area contributed by atoms with E-state index in [4.69, 9.17) is 17.5 Å². The van der Waals surface area contributed by atoms with Gasteiger partial charge in [-0.3, -0.25) is 0 Å². The highest BCUT2D eigenvalue weighted by Gasteiger charge is 2.53. The summed E-state index contributed by atoms with van der Waals surface area (Å²) in [6, 6.07) is 28.2. The molecule has 0 bridgehead atoms. The largest absolute Gasteiger partial charge is 0.173 e. The van der Waals surface area contributed by atoms with E-state index in [-0.39, 0.29) is 10.8 Å². The zero-order chi connectivity index (χ0) is 65.5. The molecule has 4 aromatic heterocycles. The lowest BCUT2D eigenvalue weighted by molar-refractivity contribution is 0.397. The van der Waals surface area contributed by atoms with Gasteiger partial charge in [-0.05, 0) is 165 Å². The SMILES string of the molecule is CCCCCCC1(CCCCCC)c2cc3c(cc2-c2c1cc(C)c1nsnc21)C(CCCCCC)(CCCCCC)c1cc(-c2cc4c(s2)-c2cc5c(cc2[Si]4(CCCCCC)CCCCCC)-c2sc(C)cc2[Si]5(CCCCCC)CCCCCC)c2nsnc2c1-3. The molecule has 8 aromatic rings. The van der Waals surface area contributed by atoms with E-state index in [1.54, 1.807) is 48.3 Å². The predicted octanol–water partition coefficient (Wildman–Crippen LogP) is 25.9. The first-order valence-corrected chi connectivity index (χ1v) is 47.2. The Morgan fingerprint density at radius 3 is 1.09 bits per heavy atom. The van der Waals surface area contributed by atoms with Gasteiger partial charge < -0.3 is 0 Å². The van der Waals surface area contributed by atoms with Gasteiger partial charge in [0.15, 0.2) is 0 Å². The van der Waals surface area contributed by atoms with Gasteiger partial charge in [-0.25, -0.2) is 0 Å². The Bertz CT molecular complexity index is 3810. The van der Waals surface area contributed by atoms with Crippen molar-refractivity contribution >= 4 is 105 Å². The summed E-state index contributed by atoms with van der Waals surface area (Å²) in [5.74, 6) is 0. The van der Waals surface area contributed by atoms with Gasteiger partial charge in [0.25, 0.3) is 0 Å². The van der Waals surface area contributed by atoms with Crippen LogP contribution in [-0.4, -0.2) is 33.6 Å². The van der Waals surface area contributed by atoms with Crippen LogP contribution in [0.4, 0.5) is 0 Å². The minimum atomic E-state index is -2.28. The van der Waals surface area contributed by atoms with Crippen molar-refractivity contribution in [3.05, 3.63) is 81.2 Å². The van der Waals surface area contributed by atoms with Crippen LogP contribution in [-0.2, 0) is 10.8 Å². The van der Waals surface area contributed by atoms with Crippen LogP contribution in [0.15, 0.2) is 48.5 Å². The molecule has 0 N–H and O–H groups in total. The van der Waals surface area contributed by atoms with Crippen molar-refractivity contribution in [3.63, 3.8) is 0 Å². The summed E-state index contributed by atoms with van der Waals surface area (Å²) < 4.78 is 21.6. The van der Waals surface area contributed by atoms with E-state index in [1.807, 2.05) is 15.6 Å². The van der Waals surface area contributed by atoms with Gasteiger partial charge in [0.1, 0.15) is 38.2 Å². The zero-order valence-corrected chi connectivity index (χ0v) is 65.6. The Labute approximate surface area is 588 Å². The zero-order valence-electron chi connectivity index (χ0n) is 60.3. The summed E-state index contributed by atoms with van der Waals surface area (Å²) in [6.45, 7) is 23.9. The van der Waals surface area contributed by atoms with E-state index in [0.29, 0.717) is 0 Å². The summed E-state index contributed by atoms with van der Waals surface area (Å²) in [7, 11) is -4.35. The van der Waals surface area contributed by atoms with Gasteiger partial charge in [-0.15, -0.1) is 22.7 Å². The summed E-state index contributed by atoms with van der Waals surface area (Å²) in [5.41, 5.74) is 22.5. The van der Waals surface area contributed by atoms with Gasteiger partial charge >= 0.3 is 0 Å². The number of benzene rings is 4. The molecular formula is C84H118N4S4Si2. The molecule has 4 nitrogen and oxygen atoms in total. The third kappa shape index (κ3) is 12.9. The molecule has 10 heteroatoms. The van der Waals surface area contributed by atoms with E-state index < -0.39 is 16.1 Å². The van der Waals surface area contributed by atoms with Crippen molar-refractivity contribution in [1.29, 1.82) is 0 Å². The number of unbranched alkanes of at least 4 members (excludes halogenated alkanes) is 24. The number of hydrogen-bond donors (Lipinski definition) is 0. The Morgan fingerprint density at radius 1 is 0.309 bits per heavy atom. The predicted molar refractivity (Wildman–Crippen MR) is 423 cm³/mol. The van der Waals surface area contributed by atoms with Crippen LogP contribution >= 0.6 is 46.1 Å². The Kier molecular flexibility index (Phi) is 23.7. The standard InChI is InChI=1S/C84H118N4S4Si2/c1-11-19-27-35-43-83(44-36-28-20-12-2)66-54-62-67(53-61(66)75-68(83)51-59(9)77-79(75)87-91-85-77)84(45-37-29-21-13-3,46-38-30-22-14-4)69-55-63(78-80(76(62)69)88-92-86-78)70-58-74-82(90-70)65-57-71-64(56-72(65)94(74,49-41-33-25-17-7)50-42-34-26-18-8)81-73(52-60(10)89-81)93(71,47-39-31-23-15-5)48-40-32-24-16-6/h51-58H,11-50H2,1-10H3. The molecule has 94 heavy (non-hydrogen) atoms. The Hall–Kier alpha value is -3.65. The van der Waals surface area contributed by atoms with E-state index in [9.17, 15) is 0 Å². The number of nitrogens with zero attached hydrogens (tertiary/aromatic N) is 4. The van der Waals surface area contributed by atoms with E-state index in [1.165, 1.54) is 327 Å². The van der Waals surface area contributed by atoms with E-state index >= 15 is 0 Å². The summed E-state index contributed by atoms with van der Waals surface area (Å²) in [4.78, 5) is 6.36. The molecule has 0 fully saturated rings. The van der Waals surface area contributed by atoms with Crippen molar-refractivity contribution in [2.24, 2.45) is 0 Å². The van der Waals surface area contributed by atoms with Gasteiger partial charge in [0.05, 0.1) is 23.5 Å². The second-order valence-electron chi connectivity index (χ2n) is 30.5. The second kappa shape index (κ2) is 31.7. The van der Waals surface area contributed by atoms with Crippen molar-refractivity contribution in [3.8, 4) is 53.6 Å². The van der Waals surface area contributed by atoms with Crippen molar-refractivity contribution in [2.75, 3.05) is 0 Å². The quantitative estimate of drug-likeness (QED) is 0.0283. The monoisotopic (exact) mass is 1370 g/mol. The highest BCUT2D eigenvalue weighted by molar-refractivity contribution is 7.25. The van der Waals surface area contributed by atoms with Crippen LogP contribution in [0, 0.1) is 13.8 Å². The molecule has 506 valence electrons. The van der Waals surface area contributed by atoms with Crippen LogP contribution < -0.4 is 20.7 Å². The average molecular weight is 1370 g/mol. The van der Waals surface area contributed by atoms with Crippen molar-refractivity contribution in [2.45, 2.75) is 335 Å². The average Bonchev–Trinajstić information content (AvgIpc) is 1.53. The smallest absolute Gasteiger partial charge is 0.120 e. The maximum absolute atomic E-state index is 5.64. The number of aromatic nitrogens is 4. The molecule has 2 aliphatic carbocycles. The molecule has 6 heterocycles. The first kappa shape index (κ1) is 70.2. The second-order valence-corrected chi connectivity index (χ2v) is 42.4. The lowest BCUT2D eigenvalue weighted by Gasteiger charge is -2.35. The molecule has 0 saturated heterocycles. The number of aryl methyl sites for hydroxylation is 2. The molecule has 0 spiro atoms. The first-order valence-electron chi connectivity index (χ1n) is 39.3. The van der Waals surface area contributed by atoms with E-state index in [0.717, 1.165) is 16.6 Å². The maximum atomic E-state index is 5.64. The molecule has 0 amide bonds. The summed E-state index contributed by atoms with van der Waals surface area (Å²) >= 11 is 7.27. The highest BCUT2D eigenvalue weighted by Crippen LogP contribution is 2.64. The number of thiophene rings is 2. The minimum Gasteiger partial charge on any atom is -0.173 e. The first-order chi connectivity index (χ1) is 46.1. The fourth-order valence-corrected chi connectivity index (χ4v) is 35.4. The molecule has 12 rings (SSSR count). The lowest BCUT2D eigenvalue weighted by Crippen LogP contribution is -2.56. The minimum absolute atomic E-state index is 0.0783. The van der Waals surface area contributed by atoms with Crippen molar-refractivity contribution in [1.82, 2.24) is 17.5 Å². The summed E-state index contributed by atoms with van der Waals surface area (Å²) in [6.07, 6.45) is 46.5. The lowest BCUT2D eigenvalue weighted by atomic mass is 9.68. The van der Waals surface area contributed by atoms with Gasteiger partial charge in [0.2, 0.25) is 0 Å². The third-order valence-corrected chi connectivity index (χ3v) is 38.5. The topological polar surface area (TPSA) is 51.6 Å². The number of rotatable bonds is 41.